The minimum atomic E-state index is -0.418. The van der Waals surface area contributed by atoms with Crippen LogP contribution in [0, 0.1) is 0 Å². The number of Topliss-reactive ketones (excluding diaryl/α,β-unsaturated/α-hetero) is 1. The summed E-state index contributed by atoms with van der Waals surface area (Å²) in [6.07, 6.45) is 6.23. The minimum Gasteiger partial charge on any atom is -0.465 e. The van der Waals surface area contributed by atoms with Gasteiger partial charge in [-0.05, 0) is 39.5 Å². The molecule has 0 spiro atoms. The molecular weight excluding hydrogens is 350 g/mol. The Kier molecular flexibility index (Phi) is 16.9. The lowest BCUT2D eigenvalue weighted by molar-refractivity contribution is -0.148. The summed E-state index contributed by atoms with van der Waals surface area (Å²) in [5.41, 5.74) is 0. The van der Waals surface area contributed by atoms with E-state index in [-0.39, 0.29) is 24.3 Å². The molecule has 0 rings (SSSR count). The van der Waals surface area contributed by atoms with Gasteiger partial charge in [0, 0.05) is 26.0 Å². The number of carbonyl (C=O) groups excluding carboxylic acids is 3. The first-order chi connectivity index (χ1) is 13.0. The molecular formula is C20H37NO6. The van der Waals surface area contributed by atoms with Crippen molar-refractivity contribution in [3.63, 3.8) is 0 Å². The SMILES string of the molecule is CCCCCC(=O)CCNC(CCCCOCC(=O)OCC)C(=O)OCC. The summed E-state index contributed by atoms with van der Waals surface area (Å²) in [5.74, 6) is -0.429. The molecule has 1 atom stereocenters. The average molecular weight is 388 g/mol. The fourth-order valence-electron chi connectivity index (χ4n) is 2.54. The van der Waals surface area contributed by atoms with Gasteiger partial charge in [-0.3, -0.25) is 9.59 Å². The van der Waals surface area contributed by atoms with Crippen molar-refractivity contribution in [1.82, 2.24) is 5.32 Å². The summed E-state index contributed by atoms with van der Waals surface area (Å²) in [4.78, 5) is 35.0. The first-order valence-electron chi connectivity index (χ1n) is 10.2. The maximum atomic E-state index is 12.0. The van der Waals surface area contributed by atoms with E-state index in [0.717, 1.165) is 32.1 Å². The molecule has 0 bridgehead atoms. The molecule has 7 nitrogen and oxygen atoms in total. The van der Waals surface area contributed by atoms with Crippen LogP contribution in [0.3, 0.4) is 0 Å². The number of unbranched alkanes of at least 4 members (excludes halogenated alkanes) is 3. The van der Waals surface area contributed by atoms with Crippen molar-refractivity contribution < 1.29 is 28.6 Å². The number of nitrogens with one attached hydrogen (secondary N) is 1. The molecule has 0 amide bonds. The van der Waals surface area contributed by atoms with Gasteiger partial charge in [0.2, 0.25) is 0 Å². The van der Waals surface area contributed by atoms with Gasteiger partial charge < -0.3 is 19.5 Å². The van der Waals surface area contributed by atoms with Crippen LogP contribution in [-0.2, 0) is 28.6 Å². The lowest BCUT2D eigenvalue weighted by Crippen LogP contribution is -2.39. The molecule has 0 aromatic rings. The van der Waals surface area contributed by atoms with Gasteiger partial charge in [-0.15, -0.1) is 0 Å². The van der Waals surface area contributed by atoms with Crippen LogP contribution in [-0.4, -0.2) is 56.7 Å². The highest BCUT2D eigenvalue weighted by molar-refractivity contribution is 5.79. The van der Waals surface area contributed by atoms with Gasteiger partial charge in [-0.1, -0.05) is 19.8 Å². The first kappa shape index (κ1) is 25.5. The van der Waals surface area contributed by atoms with Crippen molar-refractivity contribution in [1.29, 1.82) is 0 Å². The third-order valence-corrected chi connectivity index (χ3v) is 3.98. The molecule has 27 heavy (non-hydrogen) atoms. The summed E-state index contributed by atoms with van der Waals surface area (Å²) in [6.45, 7) is 7.17. The van der Waals surface area contributed by atoms with E-state index in [9.17, 15) is 14.4 Å². The van der Waals surface area contributed by atoms with Crippen LogP contribution in [0.2, 0.25) is 0 Å². The van der Waals surface area contributed by atoms with Gasteiger partial charge >= 0.3 is 11.9 Å². The van der Waals surface area contributed by atoms with Crippen molar-refractivity contribution in [3.05, 3.63) is 0 Å². The molecule has 0 aromatic carbocycles. The molecule has 0 aliphatic rings. The zero-order valence-corrected chi connectivity index (χ0v) is 17.2. The Morgan fingerprint density at radius 2 is 1.63 bits per heavy atom. The fourth-order valence-corrected chi connectivity index (χ4v) is 2.54. The second-order valence-electron chi connectivity index (χ2n) is 6.36. The van der Waals surface area contributed by atoms with Crippen molar-refractivity contribution in [3.8, 4) is 0 Å². The van der Waals surface area contributed by atoms with Crippen molar-refractivity contribution in [2.45, 2.75) is 78.2 Å². The lowest BCUT2D eigenvalue weighted by Gasteiger charge is -2.17. The molecule has 0 saturated carbocycles. The first-order valence-corrected chi connectivity index (χ1v) is 10.2. The highest BCUT2D eigenvalue weighted by Crippen LogP contribution is 2.06. The van der Waals surface area contributed by atoms with Crippen molar-refractivity contribution in [2.75, 3.05) is 33.0 Å². The van der Waals surface area contributed by atoms with E-state index in [4.69, 9.17) is 14.2 Å². The van der Waals surface area contributed by atoms with E-state index >= 15 is 0 Å². The molecule has 0 aliphatic heterocycles. The van der Waals surface area contributed by atoms with Gasteiger partial charge in [-0.2, -0.15) is 0 Å². The molecule has 7 heteroatoms. The third kappa shape index (κ3) is 15.3. The Bertz CT molecular complexity index is 413. The van der Waals surface area contributed by atoms with Gasteiger partial charge in [0.1, 0.15) is 18.4 Å². The molecule has 1 N–H and O–H groups in total. The predicted molar refractivity (Wildman–Crippen MR) is 103 cm³/mol. The molecule has 1 unspecified atom stereocenters. The maximum Gasteiger partial charge on any atom is 0.332 e. The molecule has 158 valence electrons. The van der Waals surface area contributed by atoms with E-state index in [1.54, 1.807) is 13.8 Å². The van der Waals surface area contributed by atoms with Crippen LogP contribution < -0.4 is 5.32 Å². The van der Waals surface area contributed by atoms with Crippen LogP contribution >= 0.6 is 0 Å². The summed E-state index contributed by atoms with van der Waals surface area (Å²) >= 11 is 0. The average Bonchev–Trinajstić information content (AvgIpc) is 2.63. The number of carbonyl (C=O) groups is 3. The minimum absolute atomic E-state index is 0.0481. The molecule has 0 radical (unpaired) electrons. The normalized spacial score (nSPS) is 11.8. The van der Waals surface area contributed by atoms with Gasteiger partial charge in [0.05, 0.1) is 13.2 Å². The monoisotopic (exact) mass is 387 g/mol. The number of rotatable bonds is 18. The second-order valence-corrected chi connectivity index (χ2v) is 6.36. The standard InChI is InChI=1S/C20H37NO6/c1-4-7-8-11-17(22)13-14-21-18(20(24)27-6-3)12-9-10-15-25-16-19(23)26-5-2/h18,21H,4-16H2,1-3H3. The second kappa shape index (κ2) is 17.9. The van der Waals surface area contributed by atoms with Crippen LogP contribution in [0.4, 0.5) is 0 Å². The predicted octanol–water partition coefficient (Wildman–Crippen LogP) is 2.80. The Morgan fingerprint density at radius 1 is 0.889 bits per heavy atom. The number of hydrogen-bond donors (Lipinski definition) is 1. The highest BCUT2D eigenvalue weighted by atomic mass is 16.6. The van der Waals surface area contributed by atoms with E-state index in [1.165, 1.54) is 0 Å². The molecule has 0 heterocycles. The van der Waals surface area contributed by atoms with Crippen LogP contribution in [0.25, 0.3) is 0 Å². The molecule has 0 fully saturated rings. The van der Waals surface area contributed by atoms with Crippen molar-refractivity contribution >= 4 is 17.7 Å². The number of ether oxygens (including phenoxy) is 3. The smallest absolute Gasteiger partial charge is 0.332 e. The lowest BCUT2D eigenvalue weighted by atomic mass is 10.1. The largest absolute Gasteiger partial charge is 0.465 e. The Morgan fingerprint density at radius 3 is 2.30 bits per heavy atom. The van der Waals surface area contributed by atoms with Gasteiger partial charge in [-0.25, -0.2) is 4.79 Å². The Labute approximate surface area is 163 Å². The van der Waals surface area contributed by atoms with E-state index in [0.29, 0.717) is 45.6 Å². The van der Waals surface area contributed by atoms with E-state index in [1.807, 2.05) is 0 Å². The van der Waals surface area contributed by atoms with Crippen LogP contribution in [0.15, 0.2) is 0 Å². The van der Waals surface area contributed by atoms with E-state index in [2.05, 4.69) is 12.2 Å². The van der Waals surface area contributed by atoms with Crippen LogP contribution in [0.1, 0.15) is 72.1 Å². The van der Waals surface area contributed by atoms with Gasteiger partial charge in [0.15, 0.2) is 0 Å². The quantitative estimate of drug-likeness (QED) is 0.286. The molecule has 0 saturated heterocycles. The van der Waals surface area contributed by atoms with Crippen LogP contribution in [0.5, 0.6) is 0 Å². The fraction of sp³-hybridized carbons (Fsp3) is 0.850. The number of esters is 2. The van der Waals surface area contributed by atoms with Gasteiger partial charge in [0.25, 0.3) is 0 Å². The van der Waals surface area contributed by atoms with E-state index < -0.39 is 6.04 Å². The zero-order chi connectivity index (χ0) is 20.3. The summed E-state index contributed by atoms with van der Waals surface area (Å²) in [6, 6.07) is -0.418. The third-order valence-electron chi connectivity index (χ3n) is 3.98. The summed E-state index contributed by atoms with van der Waals surface area (Å²) in [7, 11) is 0. The summed E-state index contributed by atoms with van der Waals surface area (Å²) < 4.78 is 15.1. The molecule has 0 aliphatic carbocycles. The zero-order valence-electron chi connectivity index (χ0n) is 17.2. The topological polar surface area (TPSA) is 90.9 Å². The maximum absolute atomic E-state index is 12.0. The molecule has 0 aromatic heterocycles. The van der Waals surface area contributed by atoms with Crippen molar-refractivity contribution in [2.24, 2.45) is 0 Å². The number of ketones is 1. The summed E-state index contributed by atoms with van der Waals surface area (Å²) in [5, 5.41) is 3.14. The highest BCUT2D eigenvalue weighted by Gasteiger charge is 2.19. The number of hydrogen-bond acceptors (Lipinski definition) is 7. The Balaban J connectivity index is 4.02. The Hall–Kier alpha value is -1.47.